The van der Waals surface area contributed by atoms with Crippen LogP contribution in [0, 0.1) is 5.92 Å². The van der Waals surface area contributed by atoms with Crippen LogP contribution in [-0.4, -0.2) is 41.2 Å². The van der Waals surface area contributed by atoms with Crippen molar-refractivity contribution in [2.75, 3.05) is 19.6 Å². The van der Waals surface area contributed by atoms with Crippen LogP contribution in [-0.2, 0) is 16.1 Å². The van der Waals surface area contributed by atoms with E-state index < -0.39 is 0 Å². The van der Waals surface area contributed by atoms with Gasteiger partial charge in [-0.1, -0.05) is 43.3 Å². The third-order valence-corrected chi connectivity index (χ3v) is 3.47. The van der Waals surface area contributed by atoms with Gasteiger partial charge in [-0.05, 0) is 5.56 Å². The van der Waals surface area contributed by atoms with Gasteiger partial charge in [0.25, 0.3) is 0 Å². The first-order valence-corrected chi connectivity index (χ1v) is 6.83. The van der Waals surface area contributed by atoms with Gasteiger partial charge in [-0.3, -0.25) is 9.59 Å². The summed E-state index contributed by atoms with van der Waals surface area (Å²) in [6.45, 7) is 7.10. The van der Waals surface area contributed by atoms with Crippen LogP contribution in [0.25, 0.3) is 0 Å². The zero-order valence-electron chi connectivity index (χ0n) is 11.8. The minimum Gasteiger partial charge on any atom is -0.336 e. The Morgan fingerprint density at radius 2 is 1.95 bits per heavy atom. The molecule has 1 unspecified atom stereocenters. The topological polar surface area (TPSA) is 40.6 Å². The number of carbonyl (C=O) groups is 2. The molecule has 4 heteroatoms. The second-order valence-corrected chi connectivity index (χ2v) is 5.17. The Balaban J connectivity index is 2.13. The second-order valence-electron chi connectivity index (χ2n) is 5.17. The van der Waals surface area contributed by atoms with Crippen molar-refractivity contribution in [2.45, 2.75) is 13.5 Å². The molecule has 1 saturated heterocycles. The van der Waals surface area contributed by atoms with Crippen LogP contribution < -0.4 is 0 Å². The molecule has 20 heavy (non-hydrogen) atoms. The fourth-order valence-electron chi connectivity index (χ4n) is 2.43. The van der Waals surface area contributed by atoms with Crippen molar-refractivity contribution in [1.82, 2.24) is 9.80 Å². The molecule has 1 aliphatic rings. The summed E-state index contributed by atoms with van der Waals surface area (Å²) in [7, 11) is 0. The van der Waals surface area contributed by atoms with E-state index in [1.54, 1.807) is 15.9 Å². The van der Waals surface area contributed by atoms with Gasteiger partial charge in [0.1, 0.15) is 6.54 Å². The van der Waals surface area contributed by atoms with Crippen molar-refractivity contribution in [3.8, 4) is 0 Å². The quantitative estimate of drug-likeness (QED) is 0.782. The minimum atomic E-state index is -0.176. The van der Waals surface area contributed by atoms with Crippen LogP contribution in [0.5, 0.6) is 0 Å². The highest BCUT2D eigenvalue weighted by Gasteiger charge is 2.30. The van der Waals surface area contributed by atoms with Crippen molar-refractivity contribution < 1.29 is 9.59 Å². The molecule has 0 radical (unpaired) electrons. The van der Waals surface area contributed by atoms with Crippen molar-refractivity contribution in [1.29, 1.82) is 0 Å². The summed E-state index contributed by atoms with van der Waals surface area (Å²) in [5.74, 6) is -0.160. The summed E-state index contributed by atoms with van der Waals surface area (Å²) >= 11 is 0. The molecule has 0 spiro atoms. The van der Waals surface area contributed by atoms with Crippen molar-refractivity contribution in [3.63, 3.8) is 0 Å². The standard InChI is InChI=1S/C16H20N2O2/c1-3-9-17-12-15(19)18(10-13(2)16(17)20)11-14-7-5-4-6-8-14/h3-8,13H,1,9-12H2,2H3. The molecule has 4 nitrogen and oxygen atoms in total. The molecule has 1 aliphatic heterocycles. The highest BCUT2D eigenvalue weighted by atomic mass is 16.2. The van der Waals surface area contributed by atoms with Gasteiger partial charge >= 0.3 is 0 Å². The molecule has 0 saturated carbocycles. The fourth-order valence-corrected chi connectivity index (χ4v) is 2.43. The first kappa shape index (κ1) is 14.3. The number of benzene rings is 1. The fraction of sp³-hybridized carbons (Fsp3) is 0.375. The molecule has 1 fully saturated rings. The van der Waals surface area contributed by atoms with E-state index in [0.717, 1.165) is 5.56 Å². The second kappa shape index (κ2) is 6.37. The van der Waals surface area contributed by atoms with Gasteiger partial charge in [0.2, 0.25) is 11.8 Å². The van der Waals surface area contributed by atoms with Crippen LogP contribution in [0.2, 0.25) is 0 Å². The monoisotopic (exact) mass is 272 g/mol. The first-order valence-electron chi connectivity index (χ1n) is 6.83. The van der Waals surface area contributed by atoms with E-state index in [9.17, 15) is 9.59 Å². The van der Waals surface area contributed by atoms with Crippen LogP contribution in [0.4, 0.5) is 0 Å². The van der Waals surface area contributed by atoms with Gasteiger partial charge in [-0.15, -0.1) is 6.58 Å². The molecule has 0 aromatic heterocycles. The average molecular weight is 272 g/mol. The molecular weight excluding hydrogens is 252 g/mol. The lowest BCUT2D eigenvalue weighted by Gasteiger charge is -2.21. The maximum absolute atomic E-state index is 12.3. The normalized spacial score (nSPS) is 19.9. The number of amides is 2. The minimum absolute atomic E-state index is 0.00611. The highest BCUT2D eigenvalue weighted by Crippen LogP contribution is 2.14. The zero-order chi connectivity index (χ0) is 14.5. The first-order chi connectivity index (χ1) is 9.61. The highest BCUT2D eigenvalue weighted by molar-refractivity contribution is 5.88. The van der Waals surface area contributed by atoms with Gasteiger partial charge in [-0.25, -0.2) is 0 Å². The average Bonchev–Trinajstić information content (AvgIpc) is 2.54. The molecule has 0 aliphatic carbocycles. The summed E-state index contributed by atoms with van der Waals surface area (Å²) < 4.78 is 0. The summed E-state index contributed by atoms with van der Waals surface area (Å²) in [4.78, 5) is 27.8. The van der Waals surface area contributed by atoms with E-state index >= 15 is 0 Å². The Morgan fingerprint density at radius 3 is 2.60 bits per heavy atom. The van der Waals surface area contributed by atoms with Crippen molar-refractivity contribution in [3.05, 3.63) is 48.6 Å². The largest absolute Gasteiger partial charge is 0.336 e. The van der Waals surface area contributed by atoms with Crippen LogP contribution in [0.1, 0.15) is 12.5 Å². The maximum atomic E-state index is 12.3. The van der Waals surface area contributed by atoms with E-state index in [0.29, 0.717) is 19.6 Å². The summed E-state index contributed by atoms with van der Waals surface area (Å²) in [5, 5.41) is 0. The van der Waals surface area contributed by atoms with Crippen molar-refractivity contribution >= 4 is 11.8 Å². The Labute approximate surface area is 119 Å². The maximum Gasteiger partial charge on any atom is 0.242 e. The predicted octanol–water partition coefficient (Wildman–Crippen LogP) is 1.68. The van der Waals surface area contributed by atoms with Gasteiger partial charge in [-0.2, -0.15) is 0 Å². The number of nitrogens with zero attached hydrogens (tertiary/aromatic N) is 2. The Bertz CT molecular complexity index is 498. The number of hydrogen-bond acceptors (Lipinski definition) is 2. The zero-order valence-corrected chi connectivity index (χ0v) is 11.8. The summed E-state index contributed by atoms with van der Waals surface area (Å²) in [6.07, 6.45) is 1.66. The Morgan fingerprint density at radius 1 is 1.25 bits per heavy atom. The van der Waals surface area contributed by atoms with Gasteiger partial charge in [0.05, 0.1) is 5.92 Å². The van der Waals surface area contributed by atoms with Crippen LogP contribution in [0.3, 0.4) is 0 Å². The molecular formula is C16H20N2O2. The van der Waals surface area contributed by atoms with E-state index in [4.69, 9.17) is 0 Å². The number of hydrogen-bond donors (Lipinski definition) is 0. The van der Waals surface area contributed by atoms with Gasteiger partial charge in [0, 0.05) is 19.6 Å². The number of carbonyl (C=O) groups excluding carboxylic acids is 2. The van der Waals surface area contributed by atoms with Crippen LogP contribution >= 0.6 is 0 Å². The Hall–Kier alpha value is -2.10. The van der Waals surface area contributed by atoms with Crippen molar-refractivity contribution in [2.24, 2.45) is 5.92 Å². The van der Waals surface area contributed by atoms with E-state index in [-0.39, 0.29) is 24.3 Å². The summed E-state index contributed by atoms with van der Waals surface area (Å²) in [6, 6.07) is 9.84. The lowest BCUT2D eigenvalue weighted by Crippen LogP contribution is -2.37. The molecule has 1 atom stereocenters. The SMILES string of the molecule is C=CCN1CC(=O)N(Cc2ccccc2)CC(C)C1=O. The van der Waals surface area contributed by atoms with Gasteiger partial charge < -0.3 is 9.80 Å². The molecule has 1 heterocycles. The Kier molecular flexibility index (Phi) is 4.56. The molecule has 2 amide bonds. The van der Waals surface area contributed by atoms with Gasteiger partial charge in [0.15, 0.2) is 0 Å². The van der Waals surface area contributed by atoms with E-state index in [1.807, 2.05) is 37.3 Å². The smallest absolute Gasteiger partial charge is 0.242 e. The summed E-state index contributed by atoms with van der Waals surface area (Å²) in [5.41, 5.74) is 1.08. The molecule has 1 aromatic rings. The third-order valence-electron chi connectivity index (χ3n) is 3.47. The molecule has 0 N–H and O–H groups in total. The van der Waals surface area contributed by atoms with Crippen LogP contribution in [0.15, 0.2) is 43.0 Å². The lowest BCUT2D eigenvalue weighted by atomic mass is 10.1. The molecule has 2 rings (SSSR count). The molecule has 1 aromatic carbocycles. The van der Waals surface area contributed by atoms with E-state index in [1.165, 1.54) is 0 Å². The molecule has 0 bridgehead atoms. The molecule has 106 valence electrons. The third kappa shape index (κ3) is 3.26. The number of rotatable bonds is 4. The lowest BCUT2D eigenvalue weighted by molar-refractivity contribution is -0.136. The predicted molar refractivity (Wildman–Crippen MR) is 77.8 cm³/mol. The van der Waals surface area contributed by atoms with E-state index in [2.05, 4.69) is 6.58 Å².